The van der Waals surface area contributed by atoms with Gasteiger partial charge >= 0.3 is 0 Å². The summed E-state index contributed by atoms with van der Waals surface area (Å²) < 4.78 is 1.91. The van der Waals surface area contributed by atoms with Crippen LogP contribution in [0.5, 0.6) is 0 Å². The van der Waals surface area contributed by atoms with Crippen LogP contribution in [-0.2, 0) is 13.0 Å². The maximum Gasteiger partial charge on any atom is 0.0916 e. The van der Waals surface area contributed by atoms with Gasteiger partial charge in [-0.15, -0.1) is 0 Å². The standard InChI is InChI=1S/C16H23N5/c1-3-21-12-14(8-19-21)16-10-17-15(9-18-16)7-13-5-4-6-20(2)11-13/h8-10,12-13H,3-7,11H2,1-2H3/t13-/m1/s1. The molecule has 0 spiro atoms. The molecule has 5 heteroatoms. The normalized spacial score (nSPS) is 19.8. The fourth-order valence-electron chi connectivity index (χ4n) is 3.01. The molecule has 0 amide bonds. The molecule has 0 saturated carbocycles. The lowest BCUT2D eigenvalue weighted by Crippen LogP contribution is -2.33. The Bertz CT molecular complexity index is 575. The van der Waals surface area contributed by atoms with Crippen LogP contribution in [0.1, 0.15) is 25.5 Å². The quantitative estimate of drug-likeness (QED) is 0.864. The smallest absolute Gasteiger partial charge is 0.0916 e. The fourth-order valence-corrected chi connectivity index (χ4v) is 3.01. The van der Waals surface area contributed by atoms with Crippen molar-refractivity contribution in [2.75, 3.05) is 20.1 Å². The highest BCUT2D eigenvalue weighted by Gasteiger charge is 2.18. The zero-order valence-corrected chi connectivity index (χ0v) is 12.9. The molecule has 1 aliphatic rings. The Morgan fingerprint density at radius 2 is 2.14 bits per heavy atom. The minimum absolute atomic E-state index is 0.715. The molecule has 3 heterocycles. The number of hydrogen-bond donors (Lipinski definition) is 0. The highest BCUT2D eigenvalue weighted by molar-refractivity contribution is 5.55. The number of piperidine rings is 1. The second-order valence-electron chi connectivity index (χ2n) is 5.95. The maximum absolute atomic E-state index is 4.59. The van der Waals surface area contributed by atoms with Crippen LogP contribution in [-0.4, -0.2) is 44.8 Å². The van der Waals surface area contributed by atoms with Gasteiger partial charge in [-0.25, -0.2) is 0 Å². The summed E-state index contributed by atoms with van der Waals surface area (Å²) in [6.07, 6.45) is 11.3. The molecule has 5 nitrogen and oxygen atoms in total. The summed E-state index contributed by atoms with van der Waals surface area (Å²) in [6, 6.07) is 0. The van der Waals surface area contributed by atoms with Crippen LogP contribution in [0, 0.1) is 5.92 Å². The van der Waals surface area contributed by atoms with Crippen molar-refractivity contribution in [3.05, 3.63) is 30.5 Å². The van der Waals surface area contributed by atoms with Crippen molar-refractivity contribution in [2.24, 2.45) is 5.92 Å². The first-order chi connectivity index (χ1) is 10.2. The SMILES string of the molecule is CCn1cc(-c2cnc(C[C@H]3CCCN(C)C3)cn2)cn1. The summed E-state index contributed by atoms with van der Waals surface area (Å²) in [5, 5.41) is 4.28. The lowest BCUT2D eigenvalue weighted by atomic mass is 9.94. The van der Waals surface area contributed by atoms with Gasteiger partial charge in [-0.1, -0.05) is 0 Å². The first-order valence-corrected chi connectivity index (χ1v) is 7.77. The lowest BCUT2D eigenvalue weighted by molar-refractivity contribution is 0.208. The van der Waals surface area contributed by atoms with Crippen molar-refractivity contribution in [3.8, 4) is 11.3 Å². The molecule has 0 bridgehead atoms. The number of likely N-dealkylation sites (tertiary alicyclic amines) is 1. The Kier molecular flexibility index (Phi) is 4.29. The van der Waals surface area contributed by atoms with Gasteiger partial charge in [0.25, 0.3) is 0 Å². The number of nitrogens with zero attached hydrogens (tertiary/aromatic N) is 5. The fraction of sp³-hybridized carbons (Fsp3) is 0.562. The minimum atomic E-state index is 0.715. The summed E-state index contributed by atoms with van der Waals surface area (Å²) in [7, 11) is 2.20. The van der Waals surface area contributed by atoms with E-state index in [-0.39, 0.29) is 0 Å². The third-order valence-electron chi connectivity index (χ3n) is 4.18. The monoisotopic (exact) mass is 285 g/mol. The van der Waals surface area contributed by atoms with Gasteiger partial charge in [0.1, 0.15) is 0 Å². The van der Waals surface area contributed by atoms with Crippen molar-refractivity contribution in [1.29, 1.82) is 0 Å². The average molecular weight is 285 g/mol. The molecule has 1 saturated heterocycles. The molecule has 1 fully saturated rings. The predicted octanol–water partition coefficient (Wildman–Crippen LogP) is 2.24. The first kappa shape index (κ1) is 14.2. The molecule has 0 aromatic carbocycles. The molecule has 0 aliphatic carbocycles. The highest BCUT2D eigenvalue weighted by Crippen LogP contribution is 2.20. The van der Waals surface area contributed by atoms with Gasteiger partial charge in [-0.2, -0.15) is 5.10 Å². The molecule has 1 aliphatic heterocycles. The van der Waals surface area contributed by atoms with E-state index in [2.05, 4.69) is 33.9 Å². The predicted molar refractivity (Wildman–Crippen MR) is 82.9 cm³/mol. The third-order valence-corrected chi connectivity index (χ3v) is 4.18. The van der Waals surface area contributed by atoms with Crippen LogP contribution in [0.15, 0.2) is 24.8 Å². The van der Waals surface area contributed by atoms with E-state index in [1.165, 1.54) is 25.9 Å². The van der Waals surface area contributed by atoms with Crippen molar-refractivity contribution in [2.45, 2.75) is 32.7 Å². The summed E-state index contributed by atoms with van der Waals surface area (Å²) in [5.74, 6) is 0.715. The van der Waals surface area contributed by atoms with Gasteiger partial charge in [-0.3, -0.25) is 14.6 Å². The lowest BCUT2D eigenvalue weighted by Gasteiger charge is -2.29. The summed E-state index contributed by atoms with van der Waals surface area (Å²) in [5.41, 5.74) is 3.04. The van der Waals surface area contributed by atoms with E-state index in [0.29, 0.717) is 5.92 Å². The molecular weight excluding hydrogens is 262 g/mol. The number of hydrogen-bond acceptors (Lipinski definition) is 4. The largest absolute Gasteiger partial charge is 0.306 e. The van der Waals surface area contributed by atoms with E-state index >= 15 is 0 Å². The van der Waals surface area contributed by atoms with Crippen molar-refractivity contribution >= 4 is 0 Å². The second kappa shape index (κ2) is 6.35. The van der Waals surface area contributed by atoms with Crippen LogP contribution in [0.4, 0.5) is 0 Å². The van der Waals surface area contributed by atoms with Crippen LogP contribution in [0.25, 0.3) is 11.3 Å². The molecule has 2 aromatic rings. The van der Waals surface area contributed by atoms with Crippen molar-refractivity contribution < 1.29 is 0 Å². The van der Waals surface area contributed by atoms with E-state index in [4.69, 9.17) is 0 Å². The zero-order valence-electron chi connectivity index (χ0n) is 12.9. The highest BCUT2D eigenvalue weighted by atomic mass is 15.3. The van der Waals surface area contributed by atoms with Crippen molar-refractivity contribution in [1.82, 2.24) is 24.6 Å². The summed E-state index contributed by atoms with van der Waals surface area (Å²) >= 11 is 0. The Labute approximate surface area is 126 Å². The van der Waals surface area contributed by atoms with Gasteiger partial charge in [0, 0.05) is 31.0 Å². The van der Waals surface area contributed by atoms with E-state index in [1.807, 2.05) is 29.5 Å². The van der Waals surface area contributed by atoms with Crippen LogP contribution in [0.2, 0.25) is 0 Å². The van der Waals surface area contributed by atoms with Crippen LogP contribution >= 0.6 is 0 Å². The molecular formula is C16H23N5. The number of aromatic nitrogens is 4. The molecule has 1 atom stereocenters. The molecule has 3 rings (SSSR count). The van der Waals surface area contributed by atoms with Gasteiger partial charge in [0.15, 0.2) is 0 Å². The van der Waals surface area contributed by atoms with E-state index in [1.54, 1.807) is 0 Å². The molecule has 112 valence electrons. The van der Waals surface area contributed by atoms with Gasteiger partial charge < -0.3 is 4.90 Å². The second-order valence-corrected chi connectivity index (χ2v) is 5.95. The maximum atomic E-state index is 4.59. The minimum Gasteiger partial charge on any atom is -0.306 e. The topological polar surface area (TPSA) is 46.8 Å². The average Bonchev–Trinajstić information content (AvgIpc) is 2.97. The number of aryl methyl sites for hydroxylation is 1. The Morgan fingerprint density at radius 1 is 1.24 bits per heavy atom. The Morgan fingerprint density at radius 3 is 2.81 bits per heavy atom. The zero-order chi connectivity index (χ0) is 14.7. The van der Waals surface area contributed by atoms with Gasteiger partial charge in [-0.05, 0) is 45.7 Å². The Balaban J connectivity index is 1.66. The number of rotatable bonds is 4. The van der Waals surface area contributed by atoms with E-state index in [9.17, 15) is 0 Å². The van der Waals surface area contributed by atoms with Gasteiger partial charge in [0.05, 0.1) is 23.8 Å². The molecule has 0 N–H and O–H groups in total. The summed E-state index contributed by atoms with van der Waals surface area (Å²) in [6.45, 7) is 5.35. The van der Waals surface area contributed by atoms with Crippen molar-refractivity contribution in [3.63, 3.8) is 0 Å². The third kappa shape index (κ3) is 3.47. The molecule has 2 aromatic heterocycles. The van der Waals surface area contributed by atoms with E-state index < -0.39 is 0 Å². The molecule has 0 radical (unpaired) electrons. The van der Waals surface area contributed by atoms with Crippen LogP contribution < -0.4 is 0 Å². The van der Waals surface area contributed by atoms with Gasteiger partial charge in [0.2, 0.25) is 0 Å². The molecule has 21 heavy (non-hydrogen) atoms. The van der Waals surface area contributed by atoms with Crippen LogP contribution in [0.3, 0.4) is 0 Å². The first-order valence-electron chi connectivity index (χ1n) is 7.77. The molecule has 0 unspecified atom stereocenters. The van der Waals surface area contributed by atoms with E-state index in [0.717, 1.165) is 29.9 Å². The Hall–Kier alpha value is -1.75. The summed E-state index contributed by atoms with van der Waals surface area (Å²) in [4.78, 5) is 11.6.